The molecule has 0 aromatic carbocycles. The summed E-state index contributed by atoms with van der Waals surface area (Å²) in [6, 6.07) is 0. The van der Waals surface area contributed by atoms with Crippen molar-refractivity contribution >= 4 is 39.0 Å². The van der Waals surface area contributed by atoms with E-state index in [-0.39, 0.29) is 0 Å². The van der Waals surface area contributed by atoms with Crippen molar-refractivity contribution in [3.8, 4) is 0 Å². The number of halogens is 1. The van der Waals surface area contributed by atoms with Gasteiger partial charge in [-0.15, -0.1) is 11.3 Å². The van der Waals surface area contributed by atoms with Crippen LogP contribution in [-0.4, -0.2) is 16.5 Å². The van der Waals surface area contributed by atoms with Gasteiger partial charge in [-0.1, -0.05) is 13.8 Å². The monoisotopic (exact) mass is 269 g/mol. The molecule has 0 spiro atoms. The molecule has 0 amide bonds. The van der Waals surface area contributed by atoms with Crippen LogP contribution in [0.15, 0.2) is 0 Å². The third-order valence-corrected chi connectivity index (χ3v) is 3.95. The minimum absolute atomic E-state index is 0.310. The zero-order chi connectivity index (χ0) is 12.6. The Morgan fingerprint density at radius 1 is 1.29 bits per heavy atom. The Hall–Kier alpha value is -0.870. The standard InChI is InChI=1S/C12H16ClN3S/c1-6(2)5-14-10-9-7(3)8(4)17-11(9)16-12(13)15-10/h6H,5H2,1-4H3,(H,14,15,16). The van der Waals surface area contributed by atoms with Crippen molar-refractivity contribution in [1.82, 2.24) is 9.97 Å². The van der Waals surface area contributed by atoms with Crippen LogP contribution in [0.25, 0.3) is 10.2 Å². The smallest absolute Gasteiger partial charge is 0.225 e. The lowest BCUT2D eigenvalue weighted by Gasteiger charge is -2.09. The lowest BCUT2D eigenvalue weighted by Crippen LogP contribution is -2.10. The van der Waals surface area contributed by atoms with Gasteiger partial charge in [-0.25, -0.2) is 9.97 Å². The number of hydrogen-bond donors (Lipinski definition) is 1. The Morgan fingerprint density at radius 3 is 2.65 bits per heavy atom. The summed E-state index contributed by atoms with van der Waals surface area (Å²) < 4.78 is 0. The van der Waals surface area contributed by atoms with E-state index in [1.54, 1.807) is 11.3 Å². The van der Waals surface area contributed by atoms with E-state index in [0.29, 0.717) is 11.2 Å². The number of fused-ring (bicyclic) bond motifs is 1. The third kappa shape index (κ3) is 2.53. The maximum atomic E-state index is 5.95. The molecule has 2 heterocycles. The molecule has 2 aromatic heterocycles. The minimum atomic E-state index is 0.310. The normalized spacial score (nSPS) is 11.4. The summed E-state index contributed by atoms with van der Waals surface area (Å²) in [6.07, 6.45) is 0. The predicted molar refractivity (Wildman–Crippen MR) is 75.2 cm³/mol. The van der Waals surface area contributed by atoms with Gasteiger partial charge in [0.25, 0.3) is 0 Å². The van der Waals surface area contributed by atoms with Crippen molar-refractivity contribution in [3.05, 3.63) is 15.7 Å². The molecular formula is C12H16ClN3S. The highest BCUT2D eigenvalue weighted by molar-refractivity contribution is 7.18. The molecule has 17 heavy (non-hydrogen) atoms. The van der Waals surface area contributed by atoms with E-state index in [9.17, 15) is 0 Å². The predicted octanol–water partition coefficient (Wildman–Crippen LogP) is 4.03. The van der Waals surface area contributed by atoms with Gasteiger partial charge in [-0.3, -0.25) is 0 Å². The number of aromatic nitrogens is 2. The Morgan fingerprint density at radius 2 is 2.00 bits per heavy atom. The summed E-state index contributed by atoms with van der Waals surface area (Å²) >= 11 is 7.61. The van der Waals surface area contributed by atoms with Crippen molar-refractivity contribution in [2.24, 2.45) is 5.92 Å². The average molecular weight is 270 g/mol. The van der Waals surface area contributed by atoms with E-state index in [0.717, 1.165) is 22.6 Å². The largest absolute Gasteiger partial charge is 0.369 e. The second-order valence-electron chi connectivity index (χ2n) is 4.58. The first-order valence-electron chi connectivity index (χ1n) is 5.66. The Labute approximate surface area is 110 Å². The van der Waals surface area contributed by atoms with Gasteiger partial charge in [-0.05, 0) is 36.9 Å². The number of anilines is 1. The second-order valence-corrected chi connectivity index (χ2v) is 6.12. The molecule has 0 aliphatic carbocycles. The molecule has 0 radical (unpaired) electrons. The quantitative estimate of drug-likeness (QED) is 0.855. The molecule has 1 N–H and O–H groups in total. The highest BCUT2D eigenvalue weighted by Gasteiger charge is 2.13. The number of nitrogens with zero attached hydrogens (tertiary/aromatic N) is 2. The molecule has 0 bridgehead atoms. The first-order chi connectivity index (χ1) is 7.99. The summed E-state index contributed by atoms with van der Waals surface area (Å²) in [5.41, 5.74) is 1.24. The van der Waals surface area contributed by atoms with Crippen LogP contribution in [0, 0.1) is 19.8 Å². The second kappa shape index (κ2) is 4.78. The summed E-state index contributed by atoms with van der Waals surface area (Å²) in [5.74, 6) is 1.43. The molecule has 3 nitrogen and oxygen atoms in total. The van der Waals surface area contributed by atoms with Gasteiger partial charge in [0, 0.05) is 11.4 Å². The fraction of sp³-hybridized carbons (Fsp3) is 0.500. The number of thiophene rings is 1. The van der Waals surface area contributed by atoms with Crippen molar-refractivity contribution in [2.75, 3.05) is 11.9 Å². The molecule has 2 aromatic rings. The highest BCUT2D eigenvalue weighted by Crippen LogP contribution is 2.33. The van der Waals surface area contributed by atoms with Gasteiger partial charge in [0.1, 0.15) is 10.6 Å². The summed E-state index contributed by atoms with van der Waals surface area (Å²) in [5, 5.41) is 4.77. The van der Waals surface area contributed by atoms with Crippen LogP contribution < -0.4 is 5.32 Å². The topological polar surface area (TPSA) is 37.8 Å². The van der Waals surface area contributed by atoms with Crippen LogP contribution in [0.2, 0.25) is 5.28 Å². The maximum absolute atomic E-state index is 5.95. The Kier molecular flexibility index (Phi) is 3.54. The van der Waals surface area contributed by atoms with Crippen LogP contribution in [0.3, 0.4) is 0 Å². The first kappa shape index (κ1) is 12.6. The Balaban J connectivity index is 2.52. The first-order valence-corrected chi connectivity index (χ1v) is 6.85. The summed E-state index contributed by atoms with van der Waals surface area (Å²) in [7, 11) is 0. The number of aryl methyl sites for hydroxylation is 2. The number of rotatable bonds is 3. The molecule has 0 aliphatic rings. The summed E-state index contributed by atoms with van der Waals surface area (Å²) in [4.78, 5) is 10.8. The van der Waals surface area contributed by atoms with Crippen molar-refractivity contribution in [3.63, 3.8) is 0 Å². The van der Waals surface area contributed by atoms with Gasteiger partial charge < -0.3 is 5.32 Å². The van der Waals surface area contributed by atoms with E-state index >= 15 is 0 Å². The molecular weight excluding hydrogens is 254 g/mol. The van der Waals surface area contributed by atoms with Gasteiger partial charge in [-0.2, -0.15) is 0 Å². The summed E-state index contributed by atoms with van der Waals surface area (Å²) in [6.45, 7) is 9.42. The van der Waals surface area contributed by atoms with Crippen LogP contribution >= 0.6 is 22.9 Å². The minimum Gasteiger partial charge on any atom is -0.369 e. The number of nitrogens with one attached hydrogen (secondary N) is 1. The van der Waals surface area contributed by atoms with E-state index in [2.05, 4.69) is 43.0 Å². The van der Waals surface area contributed by atoms with E-state index in [4.69, 9.17) is 11.6 Å². The van der Waals surface area contributed by atoms with Crippen molar-refractivity contribution in [1.29, 1.82) is 0 Å². The molecule has 0 saturated carbocycles. The van der Waals surface area contributed by atoms with Crippen molar-refractivity contribution in [2.45, 2.75) is 27.7 Å². The molecule has 0 fully saturated rings. The lowest BCUT2D eigenvalue weighted by molar-refractivity contribution is 0.687. The molecule has 2 rings (SSSR count). The van der Waals surface area contributed by atoms with Crippen LogP contribution in [0.4, 0.5) is 5.82 Å². The maximum Gasteiger partial charge on any atom is 0.225 e. The molecule has 0 aliphatic heterocycles. The van der Waals surface area contributed by atoms with Crippen molar-refractivity contribution < 1.29 is 0 Å². The van der Waals surface area contributed by atoms with E-state index < -0.39 is 0 Å². The average Bonchev–Trinajstić information content (AvgIpc) is 2.51. The highest BCUT2D eigenvalue weighted by atomic mass is 35.5. The van der Waals surface area contributed by atoms with Crippen LogP contribution in [-0.2, 0) is 0 Å². The van der Waals surface area contributed by atoms with Gasteiger partial charge in [0.05, 0.1) is 5.39 Å². The van der Waals surface area contributed by atoms with Gasteiger partial charge in [0.2, 0.25) is 5.28 Å². The fourth-order valence-electron chi connectivity index (χ4n) is 1.65. The molecule has 0 atom stereocenters. The zero-order valence-electron chi connectivity index (χ0n) is 10.5. The molecule has 5 heteroatoms. The SMILES string of the molecule is Cc1sc2nc(Cl)nc(NCC(C)C)c2c1C. The van der Waals surface area contributed by atoms with E-state index in [1.165, 1.54) is 10.4 Å². The third-order valence-electron chi connectivity index (χ3n) is 2.68. The lowest BCUT2D eigenvalue weighted by atomic mass is 10.2. The van der Waals surface area contributed by atoms with E-state index in [1.807, 2.05) is 0 Å². The number of hydrogen-bond acceptors (Lipinski definition) is 4. The fourth-order valence-corrected chi connectivity index (χ4v) is 2.90. The van der Waals surface area contributed by atoms with Crippen LogP contribution in [0.5, 0.6) is 0 Å². The zero-order valence-corrected chi connectivity index (χ0v) is 12.0. The van der Waals surface area contributed by atoms with Gasteiger partial charge >= 0.3 is 0 Å². The molecule has 92 valence electrons. The Bertz CT molecular complexity index is 548. The molecule has 0 saturated heterocycles. The molecule has 0 unspecified atom stereocenters. The van der Waals surface area contributed by atoms with Gasteiger partial charge in [0.15, 0.2) is 0 Å². The van der Waals surface area contributed by atoms with Crippen LogP contribution in [0.1, 0.15) is 24.3 Å².